The van der Waals surface area contributed by atoms with Gasteiger partial charge in [0, 0.05) is 62.8 Å². The van der Waals surface area contributed by atoms with Gasteiger partial charge < -0.3 is 9.80 Å². The van der Waals surface area contributed by atoms with E-state index >= 15 is 0 Å². The first-order valence-corrected chi connectivity index (χ1v) is 11.9. The Kier molecular flexibility index (Phi) is 6.32. The summed E-state index contributed by atoms with van der Waals surface area (Å²) in [6.45, 7) is 5.81. The maximum atomic E-state index is 12.9. The third kappa shape index (κ3) is 5.20. The van der Waals surface area contributed by atoms with Crippen LogP contribution in [0.1, 0.15) is 25.7 Å². The lowest BCUT2D eigenvalue weighted by atomic mass is 9.81. The van der Waals surface area contributed by atoms with Crippen molar-refractivity contribution in [3.63, 3.8) is 0 Å². The molecule has 0 spiro atoms. The zero-order valence-corrected chi connectivity index (χ0v) is 19.4. The Balaban J connectivity index is 1.18. The first kappa shape index (κ1) is 21.9. The van der Waals surface area contributed by atoms with Crippen LogP contribution in [0, 0.1) is 11.8 Å². The highest BCUT2D eigenvalue weighted by Crippen LogP contribution is 2.30. The van der Waals surface area contributed by atoms with Crippen LogP contribution in [0.15, 0.2) is 30.6 Å². The predicted molar refractivity (Wildman–Crippen MR) is 128 cm³/mol. The Labute approximate surface area is 194 Å². The van der Waals surface area contributed by atoms with Crippen LogP contribution >= 0.6 is 0 Å². The molecule has 1 amide bonds. The number of hydrogen-bond donors (Lipinski definition) is 1. The second-order valence-electron chi connectivity index (χ2n) is 9.56. The highest BCUT2D eigenvalue weighted by Gasteiger charge is 2.28. The minimum Gasteiger partial charge on any atom is -0.304 e. The molecule has 2 fully saturated rings. The van der Waals surface area contributed by atoms with E-state index in [4.69, 9.17) is 0 Å². The molecule has 0 radical (unpaired) electrons. The van der Waals surface area contributed by atoms with Gasteiger partial charge in [-0.15, -0.1) is 5.10 Å². The first-order valence-electron chi connectivity index (χ1n) is 11.9. The first-order chi connectivity index (χ1) is 16.0. The molecule has 0 atom stereocenters. The van der Waals surface area contributed by atoms with Crippen LogP contribution in [-0.4, -0.2) is 80.4 Å². The van der Waals surface area contributed by atoms with Crippen LogP contribution in [0.3, 0.4) is 0 Å². The fraction of sp³-hybridized carbons (Fsp3) is 0.542. The molecule has 0 unspecified atom stereocenters. The smallest absolute Gasteiger partial charge is 0.229 e. The average molecular weight is 449 g/mol. The predicted octanol–water partition coefficient (Wildman–Crippen LogP) is 2.42. The molecule has 1 saturated heterocycles. The molecule has 9 heteroatoms. The molecule has 0 bridgehead atoms. The molecule has 9 nitrogen and oxygen atoms in total. The number of fused-ring (bicyclic) bond motifs is 1. The number of likely N-dealkylation sites (N-methyl/N-ethyl adjacent to an activating group) is 1. The van der Waals surface area contributed by atoms with E-state index in [0.29, 0.717) is 11.9 Å². The molecule has 1 N–H and O–H groups in total. The summed E-state index contributed by atoms with van der Waals surface area (Å²) < 4.78 is 1.67. The molecule has 2 aromatic heterocycles. The van der Waals surface area contributed by atoms with Crippen LogP contribution in [0.25, 0.3) is 22.2 Å². The van der Waals surface area contributed by atoms with Crippen molar-refractivity contribution in [3.8, 4) is 11.3 Å². The fourth-order valence-electron chi connectivity index (χ4n) is 4.94. The quantitative estimate of drug-likeness (QED) is 0.641. The number of carbonyl (C=O) groups is 1. The Hall–Kier alpha value is -2.91. The minimum atomic E-state index is 0.0393. The zero-order chi connectivity index (χ0) is 22.8. The van der Waals surface area contributed by atoms with E-state index in [2.05, 4.69) is 42.4 Å². The third-order valence-corrected chi connectivity index (χ3v) is 7.05. The van der Waals surface area contributed by atoms with Gasteiger partial charge in [0.25, 0.3) is 0 Å². The van der Waals surface area contributed by atoms with Crippen molar-refractivity contribution >= 4 is 22.8 Å². The summed E-state index contributed by atoms with van der Waals surface area (Å²) in [6.07, 6.45) is 7.73. The highest BCUT2D eigenvalue weighted by molar-refractivity contribution is 5.92. The second kappa shape index (κ2) is 9.52. The summed E-state index contributed by atoms with van der Waals surface area (Å²) >= 11 is 0. The largest absolute Gasteiger partial charge is 0.304 e. The lowest BCUT2D eigenvalue weighted by Crippen LogP contribution is -2.46. The summed E-state index contributed by atoms with van der Waals surface area (Å²) in [5.74, 6) is 1.15. The molecule has 2 aliphatic rings. The normalized spacial score (nSPS) is 22.5. The SMILES string of the molecule is CN1CCN(CC2CCC(C(=O)Nc3ncc4ccc(-c5cn(C)nn5)cc4n3)CC2)CC1. The van der Waals surface area contributed by atoms with Gasteiger partial charge in [-0.25, -0.2) is 9.97 Å². The van der Waals surface area contributed by atoms with Gasteiger partial charge >= 0.3 is 0 Å². The molecular weight excluding hydrogens is 416 g/mol. The van der Waals surface area contributed by atoms with Gasteiger partial charge in [-0.2, -0.15) is 0 Å². The monoisotopic (exact) mass is 448 g/mol. The number of nitrogens with one attached hydrogen (secondary N) is 1. The van der Waals surface area contributed by atoms with Crippen LogP contribution in [0.5, 0.6) is 0 Å². The van der Waals surface area contributed by atoms with Crippen molar-refractivity contribution in [2.24, 2.45) is 18.9 Å². The molecule has 1 aliphatic heterocycles. The minimum absolute atomic E-state index is 0.0393. The number of amides is 1. The van der Waals surface area contributed by atoms with Crippen molar-refractivity contribution in [3.05, 3.63) is 30.6 Å². The number of carbonyl (C=O) groups excluding carboxylic acids is 1. The van der Waals surface area contributed by atoms with Crippen molar-refractivity contribution in [1.82, 2.24) is 34.8 Å². The van der Waals surface area contributed by atoms with E-state index in [1.807, 2.05) is 31.4 Å². The lowest BCUT2D eigenvalue weighted by Gasteiger charge is -2.36. The third-order valence-electron chi connectivity index (χ3n) is 7.05. The lowest BCUT2D eigenvalue weighted by molar-refractivity contribution is -0.121. The number of aryl methyl sites for hydroxylation is 1. The van der Waals surface area contributed by atoms with Gasteiger partial charge in [-0.3, -0.25) is 14.8 Å². The average Bonchev–Trinajstić information content (AvgIpc) is 3.27. The Morgan fingerprint density at radius 2 is 1.88 bits per heavy atom. The summed E-state index contributed by atoms with van der Waals surface area (Å²) in [7, 11) is 4.03. The van der Waals surface area contributed by atoms with E-state index in [-0.39, 0.29) is 11.8 Å². The number of hydrogen-bond acceptors (Lipinski definition) is 7. The summed E-state index contributed by atoms with van der Waals surface area (Å²) in [6, 6.07) is 5.90. The van der Waals surface area contributed by atoms with Crippen LogP contribution in [-0.2, 0) is 11.8 Å². The van der Waals surface area contributed by atoms with E-state index in [9.17, 15) is 4.79 Å². The summed E-state index contributed by atoms with van der Waals surface area (Å²) in [4.78, 5) is 26.8. The summed E-state index contributed by atoms with van der Waals surface area (Å²) in [5, 5.41) is 12.0. The van der Waals surface area contributed by atoms with Gasteiger partial charge in [0.05, 0.1) is 11.7 Å². The highest BCUT2D eigenvalue weighted by atomic mass is 16.2. The Bertz CT molecular complexity index is 1110. The van der Waals surface area contributed by atoms with Crippen LogP contribution in [0.2, 0.25) is 0 Å². The molecule has 1 saturated carbocycles. The Morgan fingerprint density at radius 3 is 2.61 bits per heavy atom. The number of nitrogens with zero attached hydrogens (tertiary/aromatic N) is 7. The van der Waals surface area contributed by atoms with Crippen molar-refractivity contribution in [2.75, 3.05) is 45.1 Å². The second-order valence-corrected chi connectivity index (χ2v) is 9.56. The van der Waals surface area contributed by atoms with Crippen molar-refractivity contribution in [1.29, 1.82) is 0 Å². The Morgan fingerprint density at radius 1 is 1.09 bits per heavy atom. The van der Waals surface area contributed by atoms with Gasteiger partial charge in [-0.1, -0.05) is 17.3 Å². The van der Waals surface area contributed by atoms with E-state index < -0.39 is 0 Å². The zero-order valence-electron chi connectivity index (χ0n) is 19.4. The van der Waals surface area contributed by atoms with E-state index in [1.165, 1.54) is 6.54 Å². The molecule has 1 aliphatic carbocycles. The molecule has 3 aromatic rings. The van der Waals surface area contributed by atoms with Gasteiger partial charge in [0.15, 0.2) is 0 Å². The number of piperazine rings is 1. The number of rotatable bonds is 5. The molecule has 1 aromatic carbocycles. The van der Waals surface area contributed by atoms with Crippen LogP contribution < -0.4 is 5.32 Å². The van der Waals surface area contributed by atoms with Crippen LogP contribution in [0.4, 0.5) is 5.95 Å². The van der Waals surface area contributed by atoms with E-state index in [0.717, 1.165) is 74.0 Å². The maximum Gasteiger partial charge on any atom is 0.229 e. The molecule has 174 valence electrons. The number of benzene rings is 1. The van der Waals surface area contributed by atoms with E-state index in [1.54, 1.807) is 10.9 Å². The van der Waals surface area contributed by atoms with Crippen molar-refractivity contribution in [2.45, 2.75) is 25.7 Å². The van der Waals surface area contributed by atoms with Gasteiger partial charge in [0.1, 0.15) is 5.69 Å². The summed E-state index contributed by atoms with van der Waals surface area (Å²) in [5.41, 5.74) is 2.50. The molecule has 5 rings (SSSR count). The molecular formula is C24H32N8O. The fourth-order valence-corrected chi connectivity index (χ4v) is 4.94. The van der Waals surface area contributed by atoms with Crippen molar-refractivity contribution < 1.29 is 4.79 Å². The van der Waals surface area contributed by atoms with Gasteiger partial charge in [0.2, 0.25) is 11.9 Å². The molecule has 3 heterocycles. The van der Waals surface area contributed by atoms with Gasteiger partial charge in [-0.05, 0) is 44.7 Å². The topological polar surface area (TPSA) is 92.1 Å². The molecule has 33 heavy (non-hydrogen) atoms. The number of anilines is 1. The standard InChI is InChI=1S/C24H32N8O/c1-30-9-11-32(12-10-30)15-17-3-5-18(6-4-17)23(33)27-24-25-14-20-8-7-19(13-21(20)26-24)22-16-31(2)29-28-22/h7-8,13-14,16-18H,3-6,9-12,15H2,1-2H3,(H,25,26,27,33). The maximum absolute atomic E-state index is 12.9. The number of aromatic nitrogens is 5.